The van der Waals surface area contributed by atoms with Crippen LogP contribution in [0.2, 0.25) is 5.02 Å². The van der Waals surface area contributed by atoms with Crippen molar-refractivity contribution in [3.63, 3.8) is 0 Å². The minimum atomic E-state index is -0.235. The molecule has 43 heavy (non-hydrogen) atoms. The van der Waals surface area contributed by atoms with Crippen LogP contribution in [0.25, 0.3) is 15.6 Å². The Morgan fingerprint density at radius 1 is 1.19 bits per heavy atom. The van der Waals surface area contributed by atoms with Crippen LogP contribution in [0.5, 0.6) is 6.01 Å². The van der Waals surface area contributed by atoms with Gasteiger partial charge < -0.3 is 29.2 Å². The lowest BCUT2D eigenvalue weighted by Crippen LogP contribution is -2.56. The zero-order chi connectivity index (χ0) is 29.9. The first-order valence-corrected chi connectivity index (χ1v) is 15.5. The molecule has 0 radical (unpaired) electrons. The number of likely N-dealkylation sites (N-methyl/N-ethyl adjacent to an activating group) is 1. The SMILES string of the molecule is [C-]#[N+]C[C@H]1CN(c2nc(OCCN(C)CC3CC3)nc3c2CCN(c2cccc4cccc(Cl)c24)C3)CCN1C(=O)C=C. The topological polar surface area (TPSA) is 69.4 Å². The van der Waals surface area contributed by atoms with E-state index in [1.165, 1.54) is 18.9 Å². The number of nitrogens with zero attached hydrogens (tertiary/aromatic N) is 7. The molecule has 3 heterocycles. The van der Waals surface area contributed by atoms with Crippen LogP contribution in [0.3, 0.4) is 0 Å². The van der Waals surface area contributed by atoms with Crippen LogP contribution < -0.4 is 14.5 Å². The van der Waals surface area contributed by atoms with Crippen LogP contribution in [0, 0.1) is 12.5 Å². The number of hydrogen-bond donors (Lipinski definition) is 0. The van der Waals surface area contributed by atoms with E-state index in [4.69, 9.17) is 32.9 Å². The van der Waals surface area contributed by atoms with Gasteiger partial charge in [0.05, 0.1) is 17.3 Å². The Hall–Kier alpha value is -3.87. The molecule has 9 nitrogen and oxygen atoms in total. The lowest BCUT2D eigenvalue weighted by Gasteiger charge is -2.41. The number of carbonyl (C=O) groups excluding carboxylic acids is 1. The van der Waals surface area contributed by atoms with Crippen molar-refractivity contribution in [2.75, 3.05) is 69.3 Å². The van der Waals surface area contributed by atoms with Gasteiger partial charge in [0, 0.05) is 55.9 Å². The fourth-order valence-electron chi connectivity index (χ4n) is 6.30. The molecular weight excluding hydrogens is 562 g/mol. The number of benzene rings is 2. The first-order chi connectivity index (χ1) is 20.9. The van der Waals surface area contributed by atoms with Crippen LogP contribution >= 0.6 is 11.6 Å². The third-order valence-corrected chi connectivity index (χ3v) is 9.02. The van der Waals surface area contributed by atoms with Gasteiger partial charge in [0.25, 0.3) is 0 Å². The smallest absolute Gasteiger partial charge is 0.318 e. The highest BCUT2D eigenvalue weighted by Crippen LogP contribution is 2.37. The molecule has 1 atom stereocenters. The molecule has 2 fully saturated rings. The number of piperazine rings is 1. The summed E-state index contributed by atoms with van der Waals surface area (Å²) in [5.41, 5.74) is 3.13. The summed E-state index contributed by atoms with van der Waals surface area (Å²) in [7, 11) is 2.13. The van der Waals surface area contributed by atoms with Crippen molar-refractivity contribution in [2.24, 2.45) is 5.92 Å². The molecule has 1 saturated carbocycles. The summed E-state index contributed by atoms with van der Waals surface area (Å²) in [6.07, 6.45) is 4.73. The van der Waals surface area contributed by atoms with Crippen LogP contribution in [-0.4, -0.2) is 91.2 Å². The molecule has 0 unspecified atom stereocenters. The van der Waals surface area contributed by atoms with Crippen LogP contribution in [0.4, 0.5) is 11.5 Å². The molecule has 6 rings (SSSR count). The molecule has 224 valence electrons. The van der Waals surface area contributed by atoms with Gasteiger partial charge in [-0.2, -0.15) is 9.97 Å². The number of hydrogen-bond acceptors (Lipinski definition) is 7. The molecule has 2 aliphatic heterocycles. The molecule has 0 N–H and O–H groups in total. The van der Waals surface area contributed by atoms with E-state index in [9.17, 15) is 4.79 Å². The molecule has 1 saturated heterocycles. The Labute approximate surface area is 258 Å². The summed E-state index contributed by atoms with van der Waals surface area (Å²) >= 11 is 6.70. The molecule has 1 aliphatic carbocycles. The Bertz CT molecular complexity index is 1550. The zero-order valence-electron chi connectivity index (χ0n) is 24.7. The number of anilines is 2. The molecule has 1 aromatic heterocycles. The van der Waals surface area contributed by atoms with E-state index in [0.717, 1.165) is 70.5 Å². The third-order valence-electron chi connectivity index (χ3n) is 8.71. The fraction of sp³-hybridized carbons (Fsp3) is 0.455. The molecule has 3 aliphatic rings. The Morgan fingerprint density at radius 3 is 2.77 bits per heavy atom. The zero-order valence-corrected chi connectivity index (χ0v) is 25.5. The van der Waals surface area contributed by atoms with Gasteiger partial charge in [-0.05, 0) is 55.8 Å². The van der Waals surface area contributed by atoms with Gasteiger partial charge in [-0.25, -0.2) is 6.57 Å². The average Bonchev–Trinajstić information content (AvgIpc) is 3.84. The van der Waals surface area contributed by atoms with Crippen LogP contribution in [0.15, 0.2) is 49.1 Å². The second-order valence-electron chi connectivity index (χ2n) is 11.8. The lowest BCUT2D eigenvalue weighted by molar-refractivity contribution is -0.128. The molecule has 3 aromatic rings. The van der Waals surface area contributed by atoms with Gasteiger partial charge in [0.1, 0.15) is 18.5 Å². The molecule has 1 amide bonds. The van der Waals surface area contributed by atoms with Gasteiger partial charge in [-0.15, -0.1) is 0 Å². The van der Waals surface area contributed by atoms with Gasteiger partial charge in [-0.1, -0.05) is 42.4 Å². The number of aromatic nitrogens is 2. The minimum absolute atomic E-state index is 0.137. The normalized spacial score (nSPS) is 18.5. The standard InChI is InChI=1S/C33H38ClN7O2/c1-4-30(42)41-16-15-40(21-25(41)19-35-2)32-26-13-14-39(29-10-6-8-24-7-5-9-27(34)31(24)29)22-28(26)36-33(37-32)43-18-17-38(3)20-23-11-12-23/h4-10,23,25H,1,11-22H2,3H3/t25-/m0/s1. The summed E-state index contributed by atoms with van der Waals surface area (Å²) in [6, 6.07) is 12.4. The first-order valence-electron chi connectivity index (χ1n) is 15.1. The maximum absolute atomic E-state index is 12.5. The van der Waals surface area contributed by atoms with Gasteiger partial charge in [-0.3, -0.25) is 4.79 Å². The van der Waals surface area contributed by atoms with Crippen LogP contribution in [-0.2, 0) is 17.8 Å². The number of halogens is 1. The van der Waals surface area contributed by atoms with Gasteiger partial charge in [0.2, 0.25) is 12.5 Å². The predicted molar refractivity (Wildman–Crippen MR) is 171 cm³/mol. The minimum Gasteiger partial charge on any atom is -0.462 e. The van der Waals surface area contributed by atoms with Crippen molar-refractivity contribution in [1.82, 2.24) is 19.8 Å². The van der Waals surface area contributed by atoms with Crippen molar-refractivity contribution >= 4 is 39.8 Å². The maximum Gasteiger partial charge on any atom is 0.318 e. The first kappa shape index (κ1) is 29.2. The lowest BCUT2D eigenvalue weighted by atomic mass is 10.0. The highest BCUT2D eigenvalue weighted by Gasteiger charge is 2.35. The molecule has 2 aromatic carbocycles. The molecular formula is C33H38ClN7O2. The Balaban J connectivity index is 1.30. The number of amides is 1. The average molecular weight is 600 g/mol. The Kier molecular flexibility index (Phi) is 8.68. The van der Waals surface area contributed by atoms with Crippen molar-refractivity contribution in [3.8, 4) is 6.01 Å². The maximum atomic E-state index is 12.5. The summed E-state index contributed by atoms with van der Waals surface area (Å²) in [6.45, 7) is 16.8. The molecule has 0 bridgehead atoms. The number of carbonyl (C=O) groups is 1. The predicted octanol–water partition coefficient (Wildman–Crippen LogP) is 4.69. The molecule has 10 heteroatoms. The van der Waals surface area contributed by atoms with Crippen molar-refractivity contribution in [2.45, 2.75) is 31.8 Å². The monoisotopic (exact) mass is 599 g/mol. The largest absolute Gasteiger partial charge is 0.462 e. The molecule has 0 spiro atoms. The van der Waals surface area contributed by atoms with E-state index < -0.39 is 0 Å². The second-order valence-corrected chi connectivity index (χ2v) is 12.2. The van der Waals surface area contributed by atoms with E-state index in [1.807, 2.05) is 12.1 Å². The van der Waals surface area contributed by atoms with Gasteiger partial charge in [0.15, 0.2) is 0 Å². The highest BCUT2D eigenvalue weighted by molar-refractivity contribution is 6.36. The fourth-order valence-corrected chi connectivity index (χ4v) is 6.58. The van der Waals surface area contributed by atoms with Crippen molar-refractivity contribution < 1.29 is 9.53 Å². The van der Waals surface area contributed by atoms with Crippen molar-refractivity contribution in [1.29, 1.82) is 0 Å². The Morgan fingerprint density at radius 2 is 2.00 bits per heavy atom. The van der Waals surface area contributed by atoms with E-state index in [1.54, 1.807) is 4.90 Å². The van der Waals surface area contributed by atoms with Gasteiger partial charge >= 0.3 is 6.01 Å². The van der Waals surface area contributed by atoms with Crippen molar-refractivity contribution in [3.05, 3.63) is 76.8 Å². The van der Waals surface area contributed by atoms with E-state index in [-0.39, 0.29) is 18.5 Å². The number of rotatable bonds is 10. The van der Waals surface area contributed by atoms with E-state index in [2.05, 4.69) is 57.4 Å². The van der Waals surface area contributed by atoms with E-state index >= 15 is 0 Å². The van der Waals surface area contributed by atoms with E-state index in [0.29, 0.717) is 38.8 Å². The summed E-state index contributed by atoms with van der Waals surface area (Å²) < 4.78 is 6.20. The summed E-state index contributed by atoms with van der Waals surface area (Å²) in [4.78, 5) is 34.7. The second kappa shape index (κ2) is 12.8. The number of ether oxygens (including phenoxy) is 1. The quantitative estimate of drug-likeness (QED) is 0.247. The third kappa shape index (κ3) is 6.41. The highest BCUT2D eigenvalue weighted by atomic mass is 35.5. The summed E-state index contributed by atoms with van der Waals surface area (Å²) in [5, 5.41) is 2.89. The van der Waals surface area contributed by atoms with Crippen LogP contribution in [0.1, 0.15) is 24.1 Å². The number of fused-ring (bicyclic) bond motifs is 2. The summed E-state index contributed by atoms with van der Waals surface area (Å²) in [5.74, 6) is 1.53.